The smallest absolute Gasteiger partial charge is 0.274 e. The molecule has 7 heteroatoms. The Morgan fingerprint density at radius 2 is 1.93 bits per heavy atom. The van der Waals surface area contributed by atoms with Crippen molar-refractivity contribution in [3.8, 4) is 5.75 Å². The molecule has 0 fully saturated rings. The maximum Gasteiger partial charge on any atom is 0.274 e. The lowest BCUT2D eigenvalue weighted by molar-refractivity contribution is 0.102. The average Bonchev–Trinajstić information content (AvgIpc) is 2.73. The van der Waals surface area contributed by atoms with E-state index in [1.807, 2.05) is 49.2 Å². The van der Waals surface area contributed by atoms with Crippen molar-refractivity contribution in [2.75, 3.05) is 30.9 Å². The number of rotatable bonds is 7. The Kier molecular flexibility index (Phi) is 6.16. The Morgan fingerprint density at radius 3 is 2.68 bits per heavy atom. The highest BCUT2D eigenvalue weighted by Gasteiger charge is 2.13. The molecule has 2 heterocycles. The van der Waals surface area contributed by atoms with Crippen LogP contribution in [0.5, 0.6) is 5.75 Å². The third-order valence-electron chi connectivity index (χ3n) is 4.36. The fraction of sp³-hybridized carbons (Fsp3) is 0.238. The van der Waals surface area contributed by atoms with Gasteiger partial charge in [-0.3, -0.25) is 9.78 Å². The van der Waals surface area contributed by atoms with E-state index in [9.17, 15) is 4.79 Å². The Morgan fingerprint density at radius 1 is 1.14 bits per heavy atom. The topological polar surface area (TPSA) is 80.2 Å². The SMILES string of the molecule is COc1ccc(C)cc1NC(=O)c1cc(N(C)CCc2ccncc2)ncn1. The molecule has 0 radical (unpaired) electrons. The lowest BCUT2D eigenvalue weighted by Gasteiger charge is -2.18. The second-order valence-corrected chi connectivity index (χ2v) is 6.45. The second-order valence-electron chi connectivity index (χ2n) is 6.45. The Labute approximate surface area is 164 Å². The van der Waals surface area contributed by atoms with Gasteiger partial charge in [-0.05, 0) is 48.7 Å². The third kappa shape index (κ3) is 4.82. The fourth-order valence-corrected chi connectivity index (χ4v) is 2.75. The molecule has 0 unspecified atom stereocenters. The van der Waals surface area contributed by atoms with Crippen molar-refractivity contribution in [1.29, 1.82) is 0 Å². The molecule has 0 aliphatic carbocycles. The lowest BCUT2D eigenvalue weighted by Crippen LogP contribution is -2.23. The van der Waals surface area contributed by atoms with Crippen LogP contribution in [0, 0.1) is 6.92 Å². The molecule has 0 saturated carbocycles. The fourth-order valence-electron chi connectivity index (χ4n) is 2.75. The molecule has 0 aliphatic rings. The van der Waals surface area contributed by atoms with Crippen LogP contribution in [0.15, 0.2) is 55.1 Å². The number of nitrogens with zero attached hydrogens (tertiary/aromatic N) is 4. The number of methoxy groups -OCH3 is 1. The van der Waals surface area contributed by atoms with E-state index in [-0.39, 0.29) is 5.91 Å². The number of pyridine rings is 1. The number of hydrogen-bond acceptors (Lipinski definition) is 6. The predicted molar refractivity (Wildman–Crippen MR) is 109 cm³/mol. The van der Waals surface area contributed by atoms with E-state index < -0.39 is 0 Å². The van der Waals surface area contributed by atoms with Crippen molar-refractivity contribution >= 4 is 17.4 Å². The number of aryl methyl sites for hydroxylation is 1. The number of ether oxygens (including phenoxy) is 1. The highest BCUT2D eigenvalue weighted by Crippen LogP contribution is 2.25. The van der Waals surface area contributed by atoms with Crippen LogP contribution >= 0.6 is 0 Å². The van der Waals surface area contributed by atoms with Gasteiger partial charge in [0.1, 0.15) is 23.6 Å². The normalized spacial score (nSPS) is 10.4. The van der Waals surface area contributed by atoms with Crippen LogP contribution in [0.3, 0.4) is 0 Å². The van der Waals surface area contributed by atoms with E-state index in [4.69, 9.17) is 4.74 Å². The first-order valence-electron chi connectivity index (χ1n) is 8.95. The summed E-state index contributed by atoms with van der Waals surface area (Å²) in [7, 11) is 3.51. The van der Waals surface area contributed by atoms with Gasteiger partial charge in [-0.1, -0.05) is 6.07 Å². The summed E-state index contributed by atoms with van der Waals surface area (Å²) in [5.41, 5.74) is 3.12. The van der Waals surface area contributed by atoms with Gasteiger partial charge < -0.3 is 15.0 Å². The van der Waals surface area contributed by atoms with Crippen LogP contribution in [0.4, 0.5) is 11.5 Å². The summed E-state index contributed by atoms with van der Waals surface area (Å²) in [5.74, 6) is 0.975. The van der Waals surface area contributed by atoms with Gasteiger partial charge >= 0.3 is 0 Å². The van der Waals surface area contributed by atoms with Gasteiger partial charge in [-0.25, -0.2) is 9.97 Å². The van der Waals surface area contributed by atoms with Gasteiger partial charge in [0.25, 0.3) is 5.91 Å². The summed E-state index contributed by atoms with van der Waals surface area (Å²) in [5, 5.41) is 2.86. The minimum absolute atomic E-state index is 0.296. The number of carbonyl (C=O) groups is 1. The van der Waals surface area contributed by atoms with Crippen molar-refractivity contribution in [3.05, 3.63) is 71.9 Å². The van der Waals surface area contributed by atoms with E-state index in [0.717, 1.165) is 18.5 Å². The largest absolute Gasteiger partial charge is 0.495 e. The number of benzene rings is 1. The predicted octanol–water partition coefficient (Wildman–Crippen LogP) is 3.12. The molecule has 2 aromatic heterocycles. The molecule has 0 spiro atoms. The molecule has 0 atom stereocenters. The van der Waals surface area contributed by atoms with Gasteiger partial charge in [0.05, 0.1) is 12.8 Å². The first-order valence-corrected chi connectivity index (χ1v) is 8.95. The molecule has 3 rings (SSSR count). The zero-order valence-corrected chi connectivity index (χ0v) is 16.2. The highest BCUT2D eigenvalue weighted by atomic mass is 16.5. The number of aromatic nitrogens is 3. The minimum Gasteiger partial charge on any atom is -0.495 e. The molecule has 1 aromatic carbocycles. The number of amides is 1. The van der Waals surface area contributed by atoms with Crippen LogP contribution in [-0.2, 0) is 6.42 Å². The number of likely N-dealkylation sites (N-methyl/N-ethyl adjacent to an activating group) is 1. The van der Waals surface area contributed by atoms with Crippen molar-refractivity contribution in [3.63, 3.8) is 0 Å². The van der Waals surface area contributed by atoms with Crippen LogP contribution in [0.1, 0.15) is 21.6 Å². The van der Waals surface area contributed by atoms with Crippen LogP contribution in [0.25, 0.3) is 0 Å². The van der Waals surface area contributed by atoms with Crippen LogP contribution in [-0.4, -0.2) is 41.6 Å². The molecular formula is C21H23N5O2. The molecule has 1 N–H and O–H groups in total. The minimum atomic E-state index is -0.310. The summed E-state index contributed by atoms with van der Waals surface area (Å²) in [4.78, 5) is 27.1. The number of anilines is 2. The lowest BCUT2D eigenvalue weighted by atomic mass is 10.2. The summed E-state index contributed by atoms with van der Waals surface area (Å²) in [6.45, 7) is 2.71. The molecule has 1 amide bonds. The van der Waals surface area contributed by atoms with E-state index in [1.54, 1.807) is 25.6 Å². The molecule has 0 bridgehead atoms. The van der Waals surface area contributed by atoms with Crippen molar-refractivity contribution in [2.45, 2.75) is 13.3 Å². The van der Waals surface area contributed by atoms with Crippen molar-refractivity contribution in [1.82, 2.24) is 15.0 Å². The van der Waals surface area contributed by atoms with E-state index in [1.165, 1.54) is 11.9 Å². The van der Waals surface area contributed by atoms with Gasteiger partial charge in [-0.2, -0.15) is 0 Å². The molecule has 7 nitrogen and oxygen atoms in total. The zero-order chi connectivity index (χ0) is 19.9. The molecule has 0 saturated heterocycles. The second kappa shape index (κ2) is 8.94. The standard InChI is InChI=1S/C21H23N5O2/c1-15-4-5-19(28-3)17(12-15)25-21(27)18-13-20(24-14-23-18)26(2)11-8-16-6-9-22-10-7-16/h4-7,9-10,12-14H,8,11H2,1-3H3,(H,25,27). The summed E-state index contributed by atoms with van der Waals surface area (Å²) in [6, 6.07) is 11.3. The molecule has 0 aliphatic heterocycles. The third-order valence-corrected chi connectivity index (χ3v) is 4.36. The molecule has 3 aromatic rings. The first-order chi connectivity index (χ1) is 13.6. The number of carbonyl (C=O) groups excluding carboxylic acids is 1. The summed E-state index contributed by atoms with van der Waals surface area (Å²) < 4.78 is 5.31. The molecule has 144 valence electrons. The first kappa shape index (κ1) is 19.3. The number of hydrogen-bond donors (Lipinski definition) is 1. The van der Waals surface area contributed by atoms with E-state index in [2.05, 4.69) is 20.3 Å². The zero-order valence-electron chi connectivity index (χ0n) is 16.2. The maximum atomic E-state index is 12.7. The summed E-state index contributed by atoms with van der Waals surface area (Å²) in [6.07, 6.45) is 5.82. The molecular weight excluding hydrogens is 354 g/mol. The van der Waals surface area contributed by atoms with Crippen LogP contribution in [0.2, 0.25) is 0 Å². The highest BCUT2D eigenvalue weighted by molar-refractivity contribution is 6.04. The molecule has 28 heavy (non-hydrogen) atoms. The van der Waals surface area contributed by atoms with Gasteiger partial charge in [-0.15, -0.1) is 0 Å². The van der Waals surface area contributed by atoms with E-state index in [0.29, 0.717) is 22.9 Å². The van der Waals surface area contributed by atoms with Gasteiger partial charge in [0.2, 0.25) is 0 Å². The Hall–Kier alpha value is -3.48. The Balaban J connectivity index is 1.70. The van der Waals surface area contributed by atoms with Gasteiger partial charge in [0, 0.05) is 32.1 Å². The van der Waals surface area contributed by atoms with Crippen LogP contribution < -0.4 is 15.0 Å². The van der Waals surface area contributed by atoms with Crippen molar-refractivity contribution < 1.29 is 9.53 Å². The Bertz CT molecular complexity index is 947. The monoisotopic (exact) mass is 377 g/mol. The average molecular weight is 377 g/mol. The van der Waals surface area contributed by atoms with Gasteiger partial charge in [0.15, 0.2) is 0 Å². The summed E-state index contributed by atoms with van der Waals surface area (Å²) >= 11 is 0. The quantitative estimate of drug-likeness (QED) is 0.681. The maximum absolute atomic E-state index is 12.7. The van der Waals surface area contributed by atoms with Crippen molar-refractivity contribution in [2.24, 2.45) is 0 Å². The van der Waals surface area contributed by atoms with E-state index >= 15 is 0 Å². The number of nitrogens with one attached hydrogen (secondary N) is 1.